The number of benzene rings is 1. The van der Waals surface area contributed by atoms with E-state index in [4.69, 9.17) is 11.6 Å². The molecule has 0 radical (unpaired) electrons. The van der Waals surface area contributed by atoms with E-state index in [1.54, 1.807) is 25.1 Å². The molecule has 0 saturated carbocycles. The average molecular weight is 370 g/mol. The summed E-state index contributed by atoms with van der Waals surface area (Å²) < 4.78 is 27.4. The van der Waals surface area contributed by atoms with E-state index >= 15 is 0 Å². The number of hydrogen-bond donors (Lipinski definition) is 2. The molecule has 1 unspecified atom stereocenters. The summed E-state index contributed by atoms with van der Waals surface area (Å²) in [5.74, 6) is 0. The largest absolute Gasteiger partial charge is 0.315 e. The fraction of sp³-hybridized carbons (Fsp3) is 0.500. The van der Waals surface area contributed by atoms with Gasteiger partial charge in [-0.05, 0) is 54.0 Å². The van der Waals surface area contributed by atoms with Gasteiger partial charge in [-0.2, -0.15) is 0 Å². The van der Waals surface area contributed by atoms with E-state index in [0.717, 1.165) is 13.0 Å². The second-order valence-corrected chi connectivity index (χ2v) is 7.65. The van der Waals surface area contributed by atoms with Gasteiger partial charge in [-0.3, -0.25) is 4.72 Å². The number of anilines is 1. The van der Waals surface area contributed by atoms with Crippen molar-refractivity contribution in [2.45, 2.75) is 25.5 Å². The van der Waals surface area contributed by atoms with Gasteiger partial charge in [0.05, 0.1) is 10.3 Å². The van der Waals surface area contributed by atoms with Crippen molar-refractivity contribution in [2.75, 3.05) is 17.8 Å². The standard InChI is InChI=1S/C12H18BrClN2O2S/c1-3-6-15-8-9(2)19(17,18)16-10-4-5-12(14)11(13)7-10/h4-5,7,9,15-16H,3,6,8H2,1-2H3. The molecule has 0 heterocycles. The van der Waals surface area contributed by atoms with Crippen molar-refractivity contribution in [3.63, 3.8) is 0 Å². The van der Waals surface area contributed by atoms with Crippen LogP contribution in [0.2, 0.25) is 5.02 Å². The Morgan fingerprint density at radius 1 is 1.42 bits per heavy atom. The second-order valence-electron chi connectivity index (χ2n) is 4.29. The summed E-state index contributed by atoms with van der Waals surface area (Å²) in [4.78, 5) is 0. The minimum atomic E-state index is -3.40. The second kappa shape index (κ2) is 7.47. The van der Waals surface area contributed by atoms with Crippen LogP contribution in [0.4, 0.5) is 5.69 Å². The molecule has 0 aliphatic rings. The van der Waals surface area contributed by atoms with Crippen LogP contribution in [0.3, 0.4) is 0 Å². The van der Waals surface area contributed by atoms with Crippen molar-refractivity contribution in [3.8, 4) is 0 Å². The van der Waals surface area contributed by atoms with Crippen LogP contribution in [-0.2, 0) is 10.0 Å². The number of hydrogen-bond acceptors (Lipinski definition) is 3. The van der Waals surface area contributed by atoms with Crippen LogP contribution in [0.1, 0.15) is 20.3 Å². The fourth-order valence-electron chi connectivity index (χ4n) is 1.42. The summed E-state index contributed by atoms with van der Waals surface area (Å²) in [5.41, 5.74) is 0.499. The Morgan fingerprint density at radius 3 is 2.68 bits per heavy atom. The molecule has 1 atom stereocenters. The lowest BCUT2D eigenvalue weighted by molar-refractivity contribution is 0.576. The van der Waals surface area contributed by atoms with Gasteiger partial charge in [0.2, 0.25) is 10.0 Å². The molecule has 1 aromatic rings. The van der Waals surface area contributed by atoms with E-state index < -0.39 is 15.3 Å². The predicted molar refractivity (Wildman–Crippen MR) is 84.3 cm³/mol. The fourth-order valence-corrected chi connectivity index (χ4v) is 2.91. The van der Waals surface area contributed by atoms with Gasteiger partial charge in [-0.25, -0.2) is 8.42 Å². The third kappa shape index (κ3) is 5.30. The highest BCUT2D eigenvalue weighted by atomic mass is 79.9. The van der Waals surface area contributed by atoms with Crippen LogP contribution < -0.4 is 10.0 Å². The summed E-state index contributed by atoms with van der Waals surface area (Å²) in [6, 6.07) is 4.92. The molecule has 7 heteroatoms. The number of rotatable bonds is 7. The molecule has 2 N–H and O–H groups in total. The third-order valence-corrected chi connectivity index (χ3v) is 5.53. The van der Waals surface area contributed by atoms with Gasteiger partial charge in [0.1, 0.15) is 0 Å². The number of sulfonamides is 1. The van der Waals surface area contributed by atoms with Gasteiger partial charge in [0, 0.05) is 16.7 Å². The average Bonchev–Trinajstić information content (AvgIpc) is 2.33. The highest BCUT2D eigenvalue weighted by Gasteiger charge is 2.20. The van der Waals surface area contributed by atoms with Gasteiger partial charge in [0.15, 0.2) is 0 Å². The highest BCUT2D eigenvalue weighted by Crippen LogP contribution is 2.26. The topological polar surface area (TPSA) is 58.2 Å². The molecule has 4 nitrogen and oxygen atoms in total. The molecular weight excluding hydrogens is 352 g/mol. The van der Waals surface area contributed by atoms with Gasteiger partial charge < -0.3 is 5.32 Å². The van der Waals surface area contributed by atoms with Crippen molar-refractivity contribution in [1.29, 1.82) is 0 Å². The van der Waals surface area contributed by atoms with Crippen molar-refractivity contribution < 1.29 is 8.42 Å². The minimum absolute atomic E-state index is 0.429. The quantitative estimate of drug-likeness (QED) is 0.725. The molecule has 0 spiro atoms. The zero-order chi connectivity index (χ0) is 14.5. The lowest BCUT2D eigenvalue weighted by Crippen LogP contribution is -2.35. The Hall–Kier alpha value is -0.300. The first-order valence-corrected chi connectivity index (χ1v) is 8.76. The summed E-state index contributed by atoms with van der Waals surface area (Å²) in [7, 11) is -3.40. The van der Waals surface area contributed by atoms with E-state index in [9.17, 15) is 8.42 Å². The van der Waals surface area contributed by atoms with Gasteiger partial charge in [-0.1, -0.05) is 18.5 Å². The van der Waals surface area contributed by atoms with Gasteiger partial charge >= 0.3 is 0 Å². The van der Waals surface area contributed by atoms with Gasteiger partial charge in [-0.15, -0.1) is 0 Å². The van der Waals surface area contributed by atoms with Crippen molar-refractivity contribution in [1.82, 2.24) is 5.32 Å². The molecule has 0 saturated heterocycles. The van der Waals surface area contributed by atoms with E-state index in [1.807, 2.05) is 6.92 Å². The molecular formula is C12H18BrClN2O2S. The first-order chi connectivity index (χ1) is 8.86. The Kier molecular flexibility index (Phi) is 6.59. The Bertz CT molecular complexity index is 522. The number of nitrogens with one attached hydrogen (secondary N) is 2. The molecule has 0 bridgehead atoms. The maximum atomic E-state index is 12.1. The van der Waals surface area contributed by atoms with Crippen LogP contribution in [-0.4, -0.2) is 26.8 Å². The van der Waals surface area contributed by atoms with E-state index in [0.29, 0.717) is 21.7 Å². The molecule has 0 aromatic heterocycles. The Labute approximate surface area is 128 Å². The molecule has 0 aliphatic carbocycles. The SMILES string of the molecule is CCCNCC(C)S(=O)(=O)Nc1ccc(Cl)c(Br)c1. The Morgan fingerprint density at radius 2 is 2.11 bits per heavy atom. The number of halogens is 2. The summed E-state index contributed by atoms with van der Waals surface area (Å²) in [6.45, 7) is 4.95. The Balaban J connectivity index is 2.70. The van der Waals surface area contributed by atoms with Gasteiger partial charge in [0.25, 0.3) is 0 Å². The smallest absolute Gasteiger partial charge is 0.236 e. The first-order valence-electron chi connectivity index (χ1n) is 6.04. The predicted octanol–water partition coefficient (Wildman–Crippen LogP) is 3.23. The van der Waals surface area contributed by atoms with E-state index in [2.05, 4.69) is 26.0 Å². The summed E-state index contributed by atoms with van der Waals surface area (Å²) >= 11 is 9.13. The van der Waals surface area contributed by atoms with Crippen molar-refractivity contribution >= 4 is 43.2 Å². The normalized spacial score (nSPS) is 13.3. The zero-order valence-electron chi connectivity index (χ0n) is 10.9. The van der Waals surface area contributed by atoms with E-state index in [1.165, 1.54) is 0 Å². The molecule has 0 aliphatic heterocycles. The zero-order valence-corrected chi connectivity index (χ0v) is 14.1. The van der Waals surface area contributed by atoms with Crippen molar-refractivity contribution in [2.24, 2.45) is 0 Å². The van der Waals surface area contributed by atoms with Crippen LogP contribution in [0.15, 0.2) is 22.7 Å². The first kappa shape index (κ1) is 16.8. The molecule has 1 rings (SSSR count). The minimum Gasteiger partial charge on any atom is -0.315 e. The molecule has 108 valence electrons. The highest BCUT2D eigenvalue weighted by molar-refractivity contribution is 9.10. The monoisotopic (exact) mass is 368 g/mol. The van der Waals surface area contributed by atoms with Crippen LogP contribution in [0, 0.1) is 0 Å². The lowest BCUT2D eigenvalue weighted by atomic mass is 10.3. The van der Waals surface area contributed by atoms with E-state index in [-0.39, 0.29) is 0 Å². The maximum Gasteiger partial charge on any atom is 0.236 e. The van der Waals surface area contributed by atoms with Crippen LogP contribution in [0.25, 0.3) is 0 Å². The summed E-state index contributed by atoms with van der Waals surface area (Å²) in [6.07, 6.45) is 0.977. The molecule has 0 amide bonds. The third-order valence-electron chi connectivity index (χ3n) is 2.57. The van der Waals surface area contributed by atoms with Crippen LogP contribution in [0.5, 0.6) is 0 Å². The van der Waals surface area contributed by atoms with Crippen LogP contribution >= 0.6 is 27.5 Å². The summed E-state index contributed by atoms with van der Waals surface area (Å²) in [5, 5.41) is 3.13. The molecule has 19 heavy (non-hydrogen) atoms. The lowest BCUT2D eigenvalue weighted by Gasteiger charge is -2.15. The molecule has 1 aromatic carbocycles. The maximum absolute atomic E-state index is 12.1. The molecule has 0 fully saturated rings. The van der Waals surface area contributed by atoms with Crippen molar-refractivity contribution in [3.05, 3.63) is 27.7 Å².